The minimum Gasteiger partial charge on any atom is -0.458 e. The van der Waals surface area contributed by atoms with Crippen LogP contribution in [0.5, 0.6) is 0 Å². The molecule has 0 aromatic carbocycles. The molecule has 30 heavy (non-hydrogen) atoms. The molecule has 4 saturated carbocycles. The van der Waals surface area contributed by atoms with Crippen LogP contribution in [-0.4, -0.2) is 42.5 Å². The summed E-state index contributed by atoms with van der Waals surface area (Å²) in [6.07, 6.45) is 12.0. The molecule has 0 aromatic heterocycles. The predicted molar refractivity (Wildman–Crippen MR) is 115 cm³/mol. The topological polar surface area (TPSA) is 81.8 Å². The van der Waals surface area contributed by atoms with Crippen LogP contribution in [-0.2, 0) is 14.3 Å². The fourth-order valence-corrected chi connectivity index (χ4v) is 8.76. The van der Waals surface area contributed by atoms with Crippen molar-refractivity contribution in [3.05, 3.63) is 11.6 Å². The molecule has 0 unspecified atom stereocenters. The number of hydrogen-bond donors (Lipinski definition) is 2. The average Bonchev–Trinajstić information content (AvgIpc) is 3.26. The van der Waals surface area contributed by atoms with Gasteiger partial charge in [0, 0.05) is 18.0 Å². The molecule has 1 heterocycles. The van der Waals surface area contributed by atoms with Gasteiger partial charge in [0.1, 0.15) is 6.61 Å². The Hall–Kier alpha value is -0.910. The Morgan fingerprint density at radius 1 is 1.13 bits per heavy atom. The van der Waals surface area contributed by atoms with Crippen molar-refractivity contribution in [1.82, 2.24) is 0 Å². The first kappa shape index (κ1) is 21.0. The first-order chi connectivity index (χ1) is 14.3. The maximum atomic E-state index is 12.2. The molecule has 168 valence electrons. The van der Waals surface area contributed by atoms with Crippen molar-refractivity contribution in [2.24, 2.45) is 40.2 Å². The molecule has 0 bridgehead atoms. The van der Waals surface area contributed by atoms with E-state index in [2.05, 4.69) is 13.8 Å². The number of esters is 1. The second-order valence-electron chi connectivity index (χ2n) is 11.3. The van der Waals surface area contributed by atoms with Gasteiger partial charge in [-0.05, 0) is 92.4 Å². The van der Waals surface area contributed by atoms with Gasteiger partial charge in [-0.15, -0.1) is 0 Å². The molecule has 3 N–H and O–H groups in total. The lowest BCUT2D eigenvalue weighted by atomic mass is 9.43. The number of ether oxygens (including phenoxy) is 2. The van der Waals surface area contributed by atoms with Crippen LogP contribution in [0.4, 0.5) is 0 Å². The number of rotatable bonds is 4. The largest absolute Gasteiger partial charge is 0.458 e. The highest BCUT2D eigenvalue weighted by atomic mass is 16.5. The third-order valence-corrected chi connectivity index (χ3v) is 10.4. The predicted octanol–water partition coefficient (Wildman–Crippen LogP) is 3.59. The zero-order valence-corrected chi connectivity index (χ0v) is 18.7. The van der Waals surface area contributed by atoms with Gasteiger partial charge in [-0.2, -0.15) is 0 Å². The summed E-state index contributed by atoms with van der Waals surface area (Å²) in [7, 11) is 0. The van der Waals surface area contributed by atoms with Crippen molar-refractivity contribution in [1.29, 1.82) is 0 Å². The minimum atomic E-state index is -0.617. The molecule has 0 radical (unpaired) electrons. The summed E-state index contributed by atoms with van der Waals surface area (Å²) >= 11 is 0. The fraction of sp³-hybridized carbons (Fsp3) is 0.880. The molecule has 5 heteroatoms. The van der Waals surface area contributed by atoms with Gasteiger partial charge in [0.05, 0.1) is 18.3 Å². The monoisotopic (exact) mass is 417 g/mol. The average molecular weight is 418 g/mol. The quantitative estimate of drug-likeness (QED) is 0.683. The van der Waals surface area contributed by atoms with E-state index < -0.39 is 5.60 Å². The van der Waals surface area contributed by atoms with E-state index in [0.29, 0.717) is 49.0 Å². The van der Waals surface area contributed by atoms with Gasteiger partial charge >= 0.3 is 5.97 Å². The van der Waals surface area contributed by atoms with E-state index in [1.165, 1.54) is 19.3 Å². The van der Waals surface area contributed by atoms with Gasteiger partial charge in [0.15, 0.2) is 0 Å². The molecule has 1 aliphatic heterocycles. The van der Waals surface area contributed by atoms with E-state index in [9.17, 15) is 9.90 Å². The molecular weight excluding hydrogens is 378 g/mol. The van der Waals surface area contributed by atoms with Crippen LogP contribution >= 0.6 is 0 Å². The molecule has 0 aromatic rings. The summed E-state index contributed by atoms with van der Waals surface area (Å²) in [4.78, 5) is 11.7. The molecule has 0 amide bonds. The van der Waals surface area contributed by atoms with Gasteiger partial charge < -0.3 is 20.3 Å². The van der Waals surface area contributed by atoms with Crippen LogP contribution in [0.25, 0.3) is 0 Å². The SMILES string of the molecule is C[C@]12CC[C@H](OCCN)C[C@H]1CC[C@@H]1[C@@H]2CC[C@]2(C)[C@@H](C3=CC(=O)OC3)CC[C@]12O. The summed E-state index contributed by atoms with van der Waals surface area (Å²) in [5, 5.41) is 12.2. The summed E-state index contributed by atoms with van der Waals surface area (Å²) in [6, 6.07) is 0. The van der Waals surface area contributed by atoms with Crippen molar-refractivity contribution < 1.29 is 19.4 Å². The van der Waals surface area contributed by atoms with Gasteiger partial charge in [0.2, 0.25) is 0 Å². The normalized spacial score (nSPS) is 50.3. The Balaban J connectivity index is 1.38. The Bertz CT molecular complexity index is 737. The number of nitrogens with two attached hydrogens (primary N) is 1. The Labute approximate surface area is 180 Å². The second-order valence-corrected chi connectivity index (χ2v) is 11.3. The number of carbonyl (C=O) groups excluding carboxylic acids is 1. The van der Waals surface area contributed by atoms with E-state index in [0.717, 1.165) is 44.1 Å². The first-order valence-corrected chi connectivity index (χ1v) is 12.2. The maximum Gasteiger partial charge on any atom is 0.331 e. The molecule has 8 atom stereocenters. The van der Waals surface area contributed by atoms with E-state index >= 15 is 0 Å². The fourth-order valence-electron chi connectivity index (χ4n) is 8.76. The molecule has 5 rings (SSSR count). The summed E-state index contributed by atoms with van der Waals surface area (Å²) in [5.74, 6) is 1.74. The highest BCUT2D eigenvalue weighted by Crippen LogP contribution is 2.69. The lowest BCUT2D eigenvalue weighted by Crippen LogP contribution is -2.62. The van der Waals surface area contributed by atoms with Crippen LogP contribution < -0.4 is 5.73 Å². The van der Waals surface area contributed by atoms with Gasteiger partial charge in [-0.25, -0.2) is 4.79 Å². The lowest BCUT2D eigenvalue weighted by Gasteiger charge is -2.63. The van der Waals surface area contributed by atoms with Crippen molar-refractivity contribution >= 4 is 5.97 Å². The maximum absolute atomic E-state index is 12.2. The highest BCUT2D eigenvalue weighted by Gasteiger charge is 2.67. The molecular formula is C25H39NO4. The van der Waals surface area contributed by atoms with E-state index in [-0.39, 0.29) is 17.3 Å². The third-order valence-electron chi connectivity index (χ3n) is 10.4. The lowest BCUT2D eigenvalue weighted by molar-refractivity contribution is -0.209. The summed E-state index contributed by atoms with van der Waals surface area (Å²) < 4.78 is 11.3. The van der Waals surface area contributed by atoms with Crippen molar-refractivity contribution in [2.75, 3.05) is 19.8 Å². The van der Waals surface area contributed by atoms with Crippen molar-refractivity contribution in [3.8, 4) is 0 Å². The molecule has 5 nitrogen and oxygen atoms in total. The number of carbonyl (C=O) groups is 1. The molecule has 0 saturated heterocycles. The van der Waals surface area contributed by atoms with Crippen LogP contribution in [0.1, 0.15) is 71.6 Å². The summed E-state index contributed by atoms with van der Waals surface area (Å²) in [5.41, 5.74) is 6.32. The highest BCUT2D eigenvalue weighted by molar-refractivity contribution is 5.85. The number of fused-ring (bicyclic) bond motifs is 5. The van der Waals surface area contributed by atoms with E-state index in [1.54, 1.807) is 6.08 Å². The third kappa shape index (κ3) is 2.87. The minimum absolute atomic E-state index is 0.140. The zero-order valence-electron chi connectivity index (χ0n) is 18.7. The van der Waals surface area contributed by atoms with E-state index in [4.69, 9.17) is 15.2 Å². The second kappa shape index (κ2) is 7.31. The number of hydrogen-bond acceptors (Lipinski definition) is 5. The standard InChI is InChI=1S/C25H39NO4/c1-23-8-5-18(29-12-11-26)14-17(23)3-4-21-20(23)6-9-24(2)19(7-10-25(21,24)28)16-13-22(27)30-15-16/h13,17-21,28H,3-12,14-15,26H2,1-2H3/t17-,18+,19-,20+,21-,23+,24-,25+/m1/s1. The van der Waals surface area contributed by atoms with Crippen molar-refractivity contribution in [3.63, 3.8) is 0 Å². The number of aliphatic hydroxyl groups is 1. The van der Waals surface area contributed by atoms with Crippen LogP contribution in [0, 0.1) is 34.5 Å². The molecule has 0 spiro atoms. The zero-order chi connectivity index (χ0) is 21.1. The van der Waals surface area contributed by atoms with Crippen LogP contribution in [0.15, 0.2) is 11.6 Å². The molecule has 4 fully saturated rings. The van der Waals surface area contributed by atoms with Gasteiger partial charge in [-0.3, -0.25) is 0 Å². The smallest absolute Gasteiger partial charge is 0.331 e. The van der Waals surface area contributed by atoms with Crippen molar-refractivity contribution in [2.45, 2.75) is 83.3 Å². The number of cyclic esters (lactones) is 1. The Morgan fingerprint density at radius 3 is 2.70 bits per heavy atom. The molecule has 5 aliphatic rings. The van der Waals surface area contributed by atoms with Gasteiger partial charge in [-0.1, -0.05) is 13.8 Å². The first-order valence-electron chi connectivity index (χ1n) is 12.2. The van der Waals surface area contributed by atoms with Crippen LogP contribution in [0.3, 0.4) is 0 Å². The van der Waals surface area contributed by atoms with E-state index in [1.807, 2.05) is 0 Å². The Morgan fingerprint density at radius 2 is 1.97 bits per heavy atom. The summed E-state index contributed by atoms with van der Waals surface area (Å²) in [6.45, 7) is 6.51. The molecule has 4 aliphatic carbocycles. The van der Waals surface area contributed by atoms with Crippen LogP contribution in [0.2, 0.25) is 0 Å². The Kier molecular flexibility index (Phi) is 5.11. The van der Waals surface area contributed by atoms with Gasteiger partial charge in [0.25, 0.3) is 0 Å².